The monoisotopic (exact) mass is 359 g/mol. The molecule has 2 N–H and O–H groups in total. The smallest absolute Gasteiger partial charge is 0.267 e. The van der Waals surface area contributed by atoms with Gasteiger partial charge in [0.1, 0.15) is 11.5 Å². The Morgan fingerprint density at radius 1 is 1.31 bits per heavy atom. The first kappa shape index (κ1) is 17.5. The van der Waals surface area contributed by atoms with Gasteiger partial charge in [0.25, 0.3) is 5.91 Å². The van der Waals surface area contributed by atoms with E-state index in [-0.39, 0.29) is 17.8 Å². The fraction of sp³-hybridized carbons (Fsp3) is 0.550. The van der Waals surface area contributed by atoms with Crippen molar-refractivity contribution in [1.82, 2.24) is 15.2 Å². The van der Waals surface area contributed by atoms with E-state index < -0.39 is 0 Å². The summed E-state index contributed by atoms with van der Waals surface area (Å²) in [5, 5.41) is 3.63. The maximum Gasteiger partial charge on any atom is 0.267 e. The van der Waals surface area contributed by atoms with Gasteiger partial charge >= 0.3 is 0 Å². The summed E-state index contributed by atoms with van der Waals surface area (Å²) in [5.41, 5.74) is 2.07. The Labute approximate surface area is 152 Å². The number of nitrogens with zero attached hydrogens (tertiary/aromatic N) is 1. The first-order valence-electron chi connectivity index (χ1n) is 9.52. The van der Waals surface area contributed by atoms with Crippen molar-refractivity contribution in [3.63, 3.8) is 0 Å². The van der Waals surface area contributed by atoms with Crippen molar-refractivity contribution in [3.05, 3.63) is 35.3 Å². The summed E-state index contributed by atoms with van der Waals surface area (Å²) in [6, 6.07) is 5.47. The number of nitrogens with one attached hydrogen (secondary N) is 2. The van der Waals surface area contributed by atoms with Crippen LogP contribution in [0.4, 0.5) is 4.39 Å². The molecule has 5 nitrogen and oxygen atoms in total. The van der Waals surface area contributed by atoms with Gasteiger partial charge in [-0.2, -0.15) is 0 Å². The number of amides is 1. The van der Waals surface area contributed by atoms with E-state index in [1.54, 1.807) is 12.1 Å². The van der Waals surface area contributed by atoms with Gasteiger partial charge in [-0.25, -0.2) is 4.39 Å². The molecule has 1 saturated heterocycles. The second-order valence-corrected chi connectivity index (χ2v) is 7.48. The van der Waals surface area contributed by atoms with Crippen LogP contribution in [0.3, 0.4) is 0 Å². The fourth-order valence-electron chi connectivity index (χ4n) is 4.28. The zero-order valence-electron chi connectivity index (χ0n) is 15.2. The summed E-state index contributed by atoms with van der Waals surface area (Å²) in [6.07, 6.45) is 4.27. The second-order valence-electron chi connectivity index (χ2n) is 7.48. The molecule has 2 fully saturated rings. The topological polar surface area (TPSA) is 57.4 Å². The molecule has 1 aliphatic carbocycles. The van der Waals surface area contributed by atoms with Crippen LogP contribution in [0.15, 0.2) is 18.2 Å². The number of carbonyl (C=O) groups is 1. The van der Waals surface area contributed by atoms with Gasteiger partial charge in [-0.05, 0) is 50.3 Å². The van der Waals surface area contributed by atoms with Crippen LogP contribution in [-0.2, 0) is 4.74 Å². The molecule has 1 aliphatic heterocycles. The molecule has 1 aromatic heterocycles. The highest BCUT2D eigenvalue weighted by molar-refractivity contribution is 5.99. The van der Waals surface area contributed by atoms with Crippen molar-refractivity contribution in [2.75, 3.05) is 26.3 Å². The first-order chi connectivity index (χ1) is 12.6. The predicted octanol–water partition coefficient (Wildman–Crippen LogP) is 2.99. The minimum absolute atomic E-state index is 0.146. The average Bonchev–Trinajstić information content (AvgIpc) is 3.13. The number of ether oxygens (including phenoxy) is 1. The number of hydrogen-bond donors (Lipinski definition) is 2. The number of morpholine rings is 1. The molecule has 1 aromatic carbocycles. The lowest BCUT2D eigenvalue weighted by Crippen LogP contribution is -2.49. The van der Waals surface area contributed by atoms with Gasteiger partial charge in [-0.15, -0.1) is 0 Å². The number of rotatable bonds is 3. The molecule has 26 heavy (non-hydrogen) atoms. The van der Waals surface area contributed by atoms with E-state index in [2.05, 4.69) is 15.2 Å². The number of fused-ring (bicyclic) bond motifs is 1. The van der Waals surface area contributed by atoms with Gasteiger partial charge in [0.2, 0.25) is 0 Å². The van der Waals surface area contributed by atoms with Gasteiger partial charge in [0.15, 0.2) is 0 Å². The first-order valence-corrected chi connectivity index (χ1v) is 9.52. The summed E-state index contributed by atoms with van der Waals surface area (Å²) in [5.74, 6) is -0.446. The molecule has 6 heteroatoms. The van der Waals surface area contributed by atoms with Gasteiger partial charge in [-0.1, -0.05) is 6.07 Å². The molecular weight excluding hydrogens is 333 g/mol. The molecule has 4 rings (SSSR count). The normalized spacial score (nSPS) is 24.7. The molecule has 2 atom stereocenters. The number of hydrogen-bond acceptors (Lipinski definition) is 3. The molecule has 0 unspecified atom stereocenters. The fourth-order valence-corrected chi connectivity index (χ4v) is 4.28. The van der Waals surface area contributed by atoms with E-state index in [0.717, 1.165) is 51.1 Å². The Morgan fingerprint density at radius 2 is 2.12 bits per heavy atom. The van der Waals surface area contributed by atoms with Crippen LogP contribution in [0, 0.1) is 12.7 Å². The maximum atomic E-state index is 14.0. The zero-order chi connectivity index (χ0) is 18.1. The van der Waals surface area contributed by atoms with Crippen molar-refractivity contribution >= 4 is 16.8 Å². The minimum atomic E-state index is -0.300. The largest absolute Gasteiger partial charge is 0.379 e. The van der Waals surface area contributed by atoms with E-state index in [1.807, 2.05) is 6.92 Å². The van der Waals surface area contributed by atoms with Crippen LogP contribution in [0.25, 0.3) is 10.9 Å². The molecule has 0 bridgehead atoms. The third-order valence-corrected chi connectivity index (χ3v) is 5.74. The highest BCUT2D eigenvalue weighted by atomic mass is 19.1. The van der Waals surface area contributed by atoms with Crippen molar-refractivity contribution in [2.24, 2.45) is 0 Å². The number of aromatic nitrogens is 1. The van der Waals surface area contributed by atoms with Crippen molar-refractivity contribution in [1.29, 1.82) is 0 Å². The highest BCUT2D eigenvalue weighted by Gasteiger charge is 2.29. The standard InChI is InChI=1S/C20H26FN3O2/c1-13-5-6-17(21)16-12-18(23-19(13)16)20(25)22-14-3-2-4-15(11-14)24-7-9-26-10-8-24/h5-6,12,14-15,23H,2-4,7-11H2,1H3,(H,22,25)/t14-,15+/m1/s1. The molecular formula is C20H26FN3O2. The Balaban J connectivity index is 1.44. The van der Waals surface area contributed by atoms with Crippen LogP contribution < -0.4 is 5.32 Å². The Morgan fingerprint density at radius 3 is 2.88 bits per heavy atom. The Bertz CT molecular complexity index is 759. The van der Waals surface area contributed by atoms with E-state index in [4.69, 9.17) is 4.74 Å². The van der Waals surface area contributed by atoms with Crippen LogP contribution in [0.2, 0.25) is 0 Å². The SMILES string of the molecule is Cc1ccc(F)c2cc(C(=O)N[C@@H]3CCC[C@H](N4CCOCC4)C3)[nH]c12. The van der Waals surface area contributed by atoms with Crippen molar-refractivity contribution in [3.8, 4) is 0 Å². The van der Waals surface area contributed by atoms with E-state index in [1.165, 1.54) is 12.5 Å². The average molecular weight is 359 g/mol. The number of benzene rings is 1. The van der Waals surface area contributed by atoms with Crippen LogP contribution >= 0.6 is 0 Å². The number of carbonyl (C=O) groups excluding carboxylic acids is 1. The third kappa shape index (κ3) is 3.48. The molecule has 2 aromatic rings. The molecule has 2 heterocycles. The van der Waals surface area contributed by atoms with Gasteiger partial charge < -0.3 is 15.0 Å². The summed E-state index contributed by atoms with van der Waals surface area (Å²) in [4.78, 5) is 18.3. The van der Waals surface area contributed by atoms with E-state index in [9.17, 15) is 9.18 Å². The lowest BCUT2D eigenvalue weighted by Gasteiger charge is -2.39. The highest BCUT2D eigenvalue weighted by Crippen LogP contribution is 2.25. The maximum absolute atomic E-state index is 14.0. The Kier molecular flexibility index (Phi) is 4.96. The summed E-state index contributed by atoms with van der Waals surface area (Å²) >= 11 is 0. The number of halogens is 1. The quantitative estimate of drug-likeness (QED) is 0.886. The molecule has 140 valence electrons. The number of H-pyrrole nitrogens is 1. The molecule has 1 saturated carbocycles. The predicted molar refractivity (Wildman–Crippen MR) is 98.9 cm³/mol. The van der Waals surface area contributed by atoms with Crippen LogP contribution in [0.5, 0.6) is 0 Å². The lowest BCUT2D eigenvalue weighted by atomic mass is 9.89. The van der Waals surface area contributed by atoms with Crippen LogP contribution in [0.1, 0.15) is 41.7 Å². The molecule has 2 aliphatic rings. The summed E-state index contributed by atoms with van der Waals surface area (Å²) in [6.45, 7) is 5.47. The third-order valence-electron chi connectivity index (χ3n) is 5.74. The molecule has 0 spiro atoms. The van der Waals surface area contributed by atoms with E-state index in [0.29, 0.717) is 22.6 Å². The van der Waals surface area contributed by atoms with E-state index >= 15 is 0 Å². The summed E-state index contributed by atoms with van der Waals surface area (Å²) < 4.78 is 19.4. The second kappa shape index (κ2) is 7.37. The summed E-state index contributed by atoms with van der Waals surface area (Å²) in [7, 11) is 0. The van der Waals surface area contributed by atoms with Gasteiger partial charge in [-0.3, -0.25) is 9.69 Å². The minimum Gasteiger partial charge on any atom is -0.379 e. The lowest BCUT2D eigenvalue weighted by molar-refractivity contribution is 0.00551. The van der Waals surface area contributed by atoms with Gasteiger partial charge in [0, 0.05) is 30.6 Å². The Hall–Kier alpha value is -1.92. The molecule has 0 radical (unpaired) electrons. The van der Waals surface area contributed by atoms with Gasteiger partial charge in [0.05, 0.1) is 18.7 Å². The van der Waals surface area contributed by atoms with Crippen LogP contribution in [-0.4, -0.2) is 54.2 Å². The number of aryl methyl sites for hydroxylation is 1. The number of aromatic amines is 1. The molecule has 1 amide bonds. The van der Waals surface area contributed by atoms with Crippen molar-refractivity contribution in [2.45, 2.75) is 44.7 Å². The van der Waals surface area contributed by atoms with Crippen molar-refractivity contribution < 1.29 is 13.9 Å². The zero-order valence-corrected chi connectivity index (χ0v) is 15.2.